The van der Waals surface area contributed by atoms with Crippen LogP contribution in [0.15, 0.2) is 58.4 Å². The van der Waals surface area contributed by atoms with Gasteiger partial charge in [0.1, 0.15) is 0 Å². The van der Waals surface area contributed by atoms with Crippen molar-refractivity contribution < 1.29 is 14.3 Å². The number of fused-ring (bicyclic) bond motifs is 1. The monoisotopic (exact) mass is 423 g/mol. The molecular weight excluding hydrogens is 402 g/mol. The molecule has 3 heterocycles. The third kappa shape index (κ3) is 3.07. The Balaban J connectivity index is 1.66. The van der Waals surface area contributed by atoms with Crippen LogP contribution in [0.25, 0.3) is 0 Å². The predicted molar refractivity (Wildman–Crippen MR) is 118 cm³/mol. The van der Waals surface area contributed by atoms with Crippen LogP contribution in [0.2, 0.25) is 0 Å². The van der Waals surface area contributed by atoms with Crippen LogP contribution >= 0.6 is 22.7 Å². The van der Waals surface area contributed by atoms with Gasteiger partial charge in [0.25, 0.3) is 0 Å². The summed E-state index contributed by atoms with van der Waals surface area (Å²) in [5, 5.41) is 7.72. The predicted octanol–water partition coefficient (Wildman–Crippen LogP) is 5.79. The van der Waals surface area contributed by atoms with Gasteiger partial charge in [-0.2, -0.15) is 0 Å². The van der Waals surface area contributed by atoms with Crippen molar-refractivity contribution in [2.75, 3.05) is 19.5 Å². The van der Waals surface area contributed by atoms with E-state index in [1.54, 1.807) is 36.9 Å². The first-order chi connectivity index (χ1) is 14.2. The number of ether oxygens (including phenoxy) is 2. The lowest BCUT2D eigenvalue weighted by molar-refractivity contribution is -0.116. The molecule has 2 aliphatic rings. The van der Waals surface area contributed by atoms with Gasteiger partial charge in [0, 0.05) is 45.1 Å². The SMILES string of the molecule is COc1cc2c(cc1OC)[C@@H](c1cccs1)C1=C(C[C@H](c3cccs3)CC1=O)N2. The number of hydrogen-bond acceptors (Lipinski definition) is 6. The molecule has 4 nitrogen and oxygen atoms in total. The van der Waals surface area contributed by atoms with E-state index >= 15 is 0 Å². The van der Waals surface area contributed by atoms with Gasteiger partial charge in [0.2, 0.25) is 0 Å². The summed E-state index contributed by atoms with van der Waals surface area (Å²) in [5.41, 5.74) is 3.99. The molecule has 0 fully saturated rings. The maximum absolute atomic E-state index is 13.4. The smallest absolute Gasteiger partial charge is 0.162 e. The zero-order valence-electron chi connectivity index (χ0n) is 16.2. The third-order valence-corrected chi connectivity index (χ3v) is 7.69. The average Bonchev–Trinajstić information content (AvgIpc) is 3.45. The first-order valence-electron chi connectivity index (χ1n) is 9.55. The van der Waals surface area contributed by atoms with Gasteiger partial charge in [-0.1, -0.05) is 12.1 Å². The van der Waals surface area contributed by atoms with E-state index in [0.29, 0.717) is 17.9 Å². The molecule has 0 bridgehead atoms. The van der Waals surface area contributed by atoms with Crippen molar-refractivity contribution in [2.45, 2.75) is 24.7 Å². The molecule has 5 rings (SSSR count). The molecule has 1 aliphatic carbocycles. The summed E-state index contributed by atoms with van der Waals surface area (Å²) in [6.45, 7) is 0. The van der Waals surface area contributed by atoms with Gasteiger partial charge in [-0.25, -0.2) is 0 Å². The molecule has 1 aromatic carbocycles. The largest absolute Gasteiger partial charge is 0.493 e. The first-order valence-corrected chi connectivity index (χ1v) is 11.3. The van der Waals surface area contributed by atoms with Crippen LogP contribution in [0.1, 0.15) is 40.0 Å². The summed E-state index contributed by atoms with van der Waals surface area (Å²) in [5.74, 6) is 1.76. The lowest BCUT2D eigenvalue weighted by Crippen LogP contribution is -2.29. The van der Waals surface area contributed by atoms with Crippen LogP contribution in [0.4, 0.5) is 5.69 Å². The molecule has 1 aliphatic heterocycles. The molecule has 2 atom stereocenters. The zero-order chi connectivity index (χ0) is 20.0. The number of benzene rings is 1. The molecule has 1 N–H and O–H groups in total. The Kier molecular flexibility index (Phi) is 4.68. The van der Waals surface area contributed by atoms with E-state index in [2.05, 4.69) is 34.3 Å². The maximum atomic E-state index is 13.4. The Hall–Kier alpha value is -2.57. The molecular formula is C23H21NO3S2. The quantitative estimate of drug-likeness (QED) is 0.577. The lowest BCUT2D eigenvalue weighted by atomic mass is 9.74. The minimum absolute atomic E-state index is 0.0714. The van der Waals surface area contributed by atoms with Gasteiger partial charge < -0.3 is 14.8 Å². The average molecular weight is 424 g/mol. The fourth-order valence-corrected chi connectivity index (χ4v) is 6.10. The molecule has 0 saturated heterocycles. The van der Waals surface area contributed by atoms with Crippen molar-refractivity contribution in [1.82, 2.24) is 0 Å². The molecule has 0 radical (unpaired) electrons. The number of methoxy groups -OCH3 is 2. The highest BCUT2D eigenvalue weighted by atomic mass is 32.1. The van der Waals surface area contributed by atoms with Gasteiger partial charge in [-0.05, 0) is 40.9 Å². The summed E-state index contributed by atoms with van der Waals surface area (Å²) < 4.78 is 11.1. The summed E-state index contributed by atoms with van der Waals surface area (Å²) in [7, 11) is 3.29. The number of anilines is 1. The summed E-state index contributed by atoms with van der Waals surface area (Å²) in [6.07, 6.45) is 1.41. The summed E-state index contributed by atoms with van der Waals surface area (Å²) in [4.78, 5) is 15.8. The molecule has 0 spiro atoms. The van der Waals surface area contributed by atoms with E-state index in [1.807, 2.05) is 18.2 Å². The van der Waals surface area contributed by atoms with E-state index in [1.165, 1.54) is 9.75 Å². The van der Waals surface area contributed by atoms with Crippen LogP contribution < -0.4 is 14.8 Å². The first kappa shape index (κ1) is 18.5. The van der Waals surface area contributed by atoms with E-state index in [0.717, 1.165) is 28.9 Å². The number of ketones is 1. The number of rotatable bonds is 4. The second-order valence-electron chi connectivity index (χ2n) is 7.30. The lowest BCUT2D eigenvalue weighted by Gasteiger charge is -2.36. The van der Waals surface area contributed by atoms with Gasteiger partial charge in [0.15, 0.2) is 17.3 Å². The fraction of sp³-hybridized carbons (Fsp3) is 0.261. The molecule has 3 aromatic rings. The van der Waals surface area contributed by atoms with Crippen LogP contribution in [0.3, 0.4) is 0 Å². The normalized spacial score (nSPS) is 20.7. The standard InChI is InChI=1S/C23H21NO3S2/c1-26-18-11-14-15(12-19(18)27-2)24-16-9-13(20-5-3-7-28-20)10-17(25)23(16)22(14)21-6-4-8-29-21/h3-8,11-13,22,24H,9-10H2,1-2H3/t13-,22-/m0/s1. The summed E-state index contributed by atoms with van der Waals surface area (Å²) >= 11 is 3.42. The number of thiophene rings is 2. The Labute approximate surface area is 177 Å². The van der Waals surface area contributed by atoms with Crippen LogP contribution in [0.5, 0.6) is 11.5 Å². The van der Waals surface area contributed by atoms with Gasteiger partial charge >= 0.3 is 0 Å². The van der Waals surface area contributed by atoms with Gasteiger partial charge in [-0.3, -0.25) is 4.79 Å². The van der Waals surface area contributed by atoms with Gasteiger partial charge in [-0.15, -0.1) is 22.7 Å². The van der Waals surface area contributed by atoms with Crippen LogP contribution in [-0.4, -0.2) is 20.0 Å². The molecule has 0 amide bonds. The van der Waals surface area contributed by atoms with E-state index in [4.69, 9.17) is 9.47 Å². The van der Waals surface area contributed by atoms with Crippen molar-refractivity contribution in [3.63, 3.8) is 0 Å². The highest BCUT2D eigenvalue weighted by Gasteiger charge is 2.39. The highest BCUT2D eigenvalue weighted by molar-refractivity contribution is 7.10. The van der Waals surface area contributed by atoms with E-state index in [-0.39, 0.29) is 17.6 Å². The number of allylic oxidation sites excluding steroid dienone is 2. The summed E-state index contributed by atoms with van der Waals surface area (Å²) in [6, 6.07) is 12.3. The molecule has 0 unspecified atom stereocenters. The van der Waals surface area contributed by atoms with Crippen molar-refractivity contribution in [2.24, 2.45) is 0 Å². The second-order valence-corrected chi connectivity index (χ2v) is 9.26. The van der Waals surface area contributed by atoms with Crippen molar-refractivity contribution >= 4 is 34.1 Å². The zero-order valence-corrected chi connectivity index (χ0v) is 17.9. The van der Waals surface area contributed by atoms with Crippen LogP contribution in [-0.2, 0) is 4.79 Å². The Bertz CT molecular complexity index is 1080. The topological polar surface area (TPSA) is 47.6 Å². The molecule has 6 heteroatoms. The number of hydrogen-bond donors (Lipinski definition) is 1. The van der Waals surface area contributed by atoms with Crippen molar-refractivity contribution in [3.8, 4) is 11.5 Å². The highest BCUT2D eigenvalue weighted by Crippen LogP contribution is 2.51. The van der Waals surface area contributed by atoms with Gasteiger partial charge in [0.05, 0.1) is 20.1 Å². The van der Waals surface area contributed by atoms with E-state index < -0.39 is 0 Å². The molecule has 2 aromatic heterocycles. The third-order valence-electron chi connectivity index (χ3n) is 5.72. The Morgan fingerprint density at radius 3 is 2.31 bits per heavy atom. The minimum Gasteiger partial charge on any atom is -0.493 e. The number of Topliss-reactive ketones (excluding diaryl/α,β-unsaturated/α-hetero) is 1. The minimum atomic E-state index is -0.0714. The number of nitrogens with one attached hydrogen (secondary N) is 1. The van der Waals surface area contributed by atoms with Crippen molar-refractivity contribution in [1.29, 1.82) is 0 Å². The molecule has 148 valence electrons. The maximum Gasteiger partial charge on any atom is 0.162 e. The van der Waals surface area contributed by atoms with Crippen molar-refractivity contribution in [3.05, 3.63) is 73.7 Å². The van der Waals surface area contributed by atoms with Crippen LogP contribution in [0, 0.1) is 0 Å². The van der Waals surface area contributed by atoms with E-state index in [9.17, 15) is 4.79 Å². The Morgan fingerprint density at radius 1 is 0.966 bits per heavy atom. The fourth-order valence-electron chi connectivity index (χ4n) is 4.42. The second kappa shape index (κ2) is 7.35. The molecule has 29 heavy (non-hydrogen) atoms. The number of carbonyl (C=O) groups is 1. The Morgan fingerprint density at radius 2 is 1.66 bits per heavy atom. The molecule has 0 saturated carbocycles. The number of carbonyl (C=O) groups excluding carboxylic acids is 1.